The zero-order valence-electron chi connectivity index (χ0n) is 30.6. The maximum Gasteiger partial charge on any atom is 0.264 e. The molecule has 2 aromatic carbocycles. The Morgan fingerprint density at radius 2 is 1.86 bits per heavy atom. The van der Waals surface area contributed by atoms with Crippen LogP contribution in [0.5, 0.6) is 5.75 Å². The van der Waals surface area contributed by atoms with Gasteiger partial charge in [-0.3, -0.25) is 9.69 Å². The van der Waals surface area contributed by atoms with E-state index in [4.69, 9.17) is 21.1 Å². The Labute approximate surface area is 304 Å². The maximum atomic E-state index is 13.6. The van der Waals surface area contributed by atoms with Crippen molar-refractivity contribution in [2.24, 2.45) is 17.8 Å². The summed E-state index contributed by atoms with van der Waals surface area (Å²) in [5, 5.41) is -0.0578. The minimum Gasteiger partial charge on any atom is -0.487 e. The standard InChI is InChI=1S/C39H55ClN4O5S/c1-27-10-9-18-39(48-6,26-43-24-38(3,25-43)42(4)5)34-16-13-31(34)22-44-19-8-7-11-29-20-33(40)15-12-32(29)23-49-36-17-14-30(21-35(36)44)37(45)41-50(46,47)28(27)2/h9,12,14-15,17-18,20-21,27-28,31,34H,7-8,10-11,13,16,19,22-26H2,1-6H3,(H,41,45)/b18-9+/t27-,28+,31-,34?,39+/m0/s1. The van der Waals surface area contributed by atoms with Crippen LogP contribution >= 0.6 is 11.6 Å². The number of aryl methyl sites for hydroxylation is 1. The predicted octanol–water partition coefficient (Wildman–Crippen LogP) is 6.15. The van der Waals surface area contributed by atoms with E-state index in [9.17, 15) is 13.2 Å². The van der Waals surface area contributed by atoms with Crippen molar-refractivity contribution in [1.29, 1.82) is 0 Å². The topological polar surface area (TPSA) is 91.4 Å². The van der Waals surface area contributed by atoms with E-state index in [0.29, 0.717) is 30.3 Å². The van der Waals surface area contributed by atoms with Gasteiger partial charge in [-0.15, -0.1) is 0 Å². The number of carbonyl (C=O) groups is 1. The zero-order chi connectivity index (χ0) is 35.8. The molecule has 50 heavy (non-hydrogen) atoms. The number of sulfonamides is 1. The van der Waals surface area contributed by atoms with E-state index in [1.807, 2.05) is 44.4 Å². The molecule has 4 aliphatic rings. The van der Waals surface area contributed by atoms with Crippen LogP contribution in [0.2, 0.25) is 5.02 Å². The van der Waals surface area contributed by atoms with E-state index >= 15 is 0 Å². The molecule has 6 rings (SSSR count). The van der Waals surface area contributed by atoms with Gasteiger partial charge >= 0.3 is 0 Å². The molecule has 3 heterocycles. The summed E-state index contributed by atoms with van der Waals surface area (Å²) >= 11 is 6.39. The molecule has 3 aliphatic heterocycles. The number of nitrogens with one attached hydrogen (secondary N) is 1. The molecule has 0 radical (unpaired) electrons. The number of halogens is 1. The summed E-state index contributed by atoms with van der Waals surface area (Å²) in [5.41, 5.74) is 3.01. The molecule has 1 saturated carbocycles. The van der Waals surface area contributed by atoms with E-state index < -0.39 is 26.8 Å². The van der Waals surface area contributed by atoms with Gasteiger partial charge in [-0.25, -0.2) is 13.1 Å². The second-order valence-electron chi connectivity index (χ2n) is 15.7. The number of likely N-dealkylation sites (N-methyl/N-ethyl adjacent to an activating group) is 1. The van der Waals surface area contributed by atoms with Crippen LogP contribution in [-0.2, 0) is 27.8 Å². The van der Waals surface area contributed by atoms with Gasteiger partial charge in [0.2, 0.25) is 10.0 Å². The summed E-state index contributed by atoms with van der Waals surface area (Å²) in [6, 6.07) is 11.3. The fraction of sp³-hybridized carbons (Fsp3) is 0.615. The van der Waals surface area contributed by atoms with Crippen LogP contribution in [0.25, 0.3) is 0 Å². The molecule has 2 aromatic rings. The first-order chi connectivity index (χ1) is 23.7. The molecule has 0 aromatic heterocycles. The number of allylic oxidation sites excluding steroid dienone is 1. The first kappa shape index (κ1) is 37.1. The number of nitrogens with zero attached hydrogens (tertiary/aromatic N) is 3. The number of rotatable bonds is 4. The molecule has 5 atom stereocenters. The van der Waals surface area contributed by atoms with Crippen molar-refractivity contribution < 1.29 is 22.7 Å². The van der Waals surface area contributed by atoms with Gasteiger partial charge in [0.1, 0.15) is 18.0 Å². The fourth-order valence-corrected chi connectivity index (χ4v) is 9.77. The zero-order valence-corrected chi connectivity index (χ0v) is 32.2. The predicted molar refractivity (Wildman–Crippen MR) is 201 cm³/mol. The number of likely N-dealkylation sites (tertiary alicyclic amines) is 1. The quantitative estimate of drug-likeness (QED) is 0.376. The molecule has 1 amide bonds. The average Bonchev–Trinajstić information content (AvgIpc) is 3.07. The van der Waals surface area contributed by atoms with E-state index in [1.54, 1.807) is 13.0 Å². The average molecular weight is 727 g/mol. The highest BCUT2D eigenvalue weighted by Gasteiger charge is 2.51. The van der Waals surface area contributed by atoms with Crippen LogP contribution in [0.3, 0.4) is 0 Å². The second kappa shape index (κ2) is 14.8. The molecule has 0 spiro atoms. The third-order valence-electron chi connectivity index (χ3n) is 12.2. The van der Waals surface area contributed by atoms with Gasteiger partial charge in [-0.2, -0.15) is 0 Å². The number of hydrogen-bond acceptors (Lipinski definition) is 8. The lowest BCUT2D eigenvalue weighted by molar-refractivity contribution is -0.120. The van der Waals surface area contributed by atoms with Gasteiger partial charge in [-0.05, 0) is 126 Å². The number of benzene rings is 2. The second-order valence-corrected chi connectivity index (χ2v) is 18.2. The molecular weight excluding hydrogens is 672 g/mol. The Bertz CT molecular complexity index is 1690. The molecule has 1 N–H and O–H groups in total. The lowest BCUT2D eigenvalue weighted by atomic mass is 9.63. The number of methoxy groups -OCH3 is 1. The van der Waals surface area contributed by atoms with Crippen LogP contribution in [0.15, 0.2) is 48.6 Å². The van der Waals surface area contributed by atoms with Gasteiger partial charge in [0.25, 0.3) is 5.91 Å². The summed E-state index contributed by atoms with van der Waals surface area (Å²) in [7, 11) is 2.18. The normalized spacial score (nSPS) is 30.7. The van der Waals surface area contributed by atoms with E-state index in [0.717, 1.165) is 81.1 Å². The van der Waals surface area contributed by atoms with E-state index in [-0.39, 0.29) is 17.4 Å². The monoisotopic (exact) mass is 726 g/mol. The van der Waals surface area contributed by atoms with Crippen LogP contribution < -0.4 is 14.4 Å². The molecular formula is C39H55ClN4O5S. The number of fused-ring (bicyclic) bond motifs is 3. The molecule has 1 unspecified atom stereocenters. The highest BCUT2D eigenvalue weighted by molar-refractivity contribution is 7.90. The number of carbonyl (C=O) groups excluding carboxylic acids is 1. The van der Waals surface area contributed by atoms with Crippen molar-refractivity contribution in [2.75, 3.05) is 58.8 Å². The summed E-state index contributed by atoms with van der Waals surface area (Å²) < 4.78 is 42.6. The van der Waals surface area contributed by atoms with Gasteiger partial charge in [0.05, 0.1) is 10.9 Å². The third-order valence-corrected chi connectivity index (χ3v) is 14.4. The van der Waals surface area contributed by atoms with Crippen molar-refractivity contribution in [3.05, 3.63) is 70.3 Å². The number of anilines is 1. The molecule has 1 aliphatic carbocycles. The first-order valence-electron chi connectivity index (χ1n) is 18.2. The van der Waals surface area contributed by atoms with E-state index in [2.05, 4.69) is 52.6 Å². The minimum atomic E-state index is -3.95. The Kier molecular flexibility index (Phi) is 11.0. The molecule has 274 valence electrons. The lowest BCUT2D eigenvalue weighted by Gasteiger charge is -2.57. The van der Waals surface area contributed by atoms with Crippen molar-refractivity contribution in [1.82, 2.24) is 14.5 Å². The van der Waals surface area contributed by atoms with Crippen molar-refractivity contribution in [2.45, 2.75) is 82.3 Å². The first-order valence-corrected chi connectivity index (χ1v) is 20.1. The summed E-state index contributed by atoms with van der Waals surface area (Å²) in [6.07, 6.45) is 9.88. The molecule has 2 fully saturated rings. The summed E-state index contributed by atoms with van der Waals surface area (Å²) in [6.45, 7) is 10.6. The molecule has 9 nitrogen and oxygen atoms in total. The Morgan fingerprint density at radius 3 is 2.56 bits per heavy atom. The highest BCUT2D eigenvalue weighted by Crippen LogP contribution is 2.47. The van der Waals surface area contributed by atoms with Crippen LogP contribution in [0.4, 0.5) is 5.69 Å². The van der Waals surface area contributed by atoms with Crippen LogP contribution in [0, 0.1) is 17.8 Å². The van der Waals surface area contributed by atoms with Gasteiger partial charge in [-0.1, -0.05) is 36.7 Å². The number of hydrogen-bond donors (Lipinski definition) is 1. The van der Waals surface area contributed by atoms with Gasteiger partial charge in [0, 0.05) is 56.0 Å². The van der Waals surface area contributed by atoms with E-state index in [1.165, 1.54) is 5.56 Å². The van der Waals surface area contributed by atoms with Gasteiger partial charge in [0.15, 0.2) is 0 Å². The third kappa shape index (κ3) is 7.61. The largest absolute Gasteiger partial charge is 0.487 e. The fourth-order valence-electron chi connectivity index (χ4n) is 8.29. The Balaban J connectivity index is 1.39. The Morgan fingerprint density at radius 1 is 1.08 bits per heavy atom. The smallest absolute Gasteiger partial charge is 0.264 e. The number of ether oxygens (including phenoxy) is 2. The van der Waals surface area contributed by atoms with Crippen LogP contribution in [-0.4, -0.2) is 94.4 Å². The number of amides is 1. The van der Waals surface area contributed by atoms with Crippen molar-refractivity contribution >= 4 is 33.2 Å². The SMILES string of the molecule is CO[C@@]1(CN2CC(C)(N(C)C)C2)/C=C/C[C@H](C)[C@@H](C)S(=O)(=O)NC(=O)c2ccc3c(c2)N(CCCCc2cc(Cl)ccc2CO3)C[C@@H]2CCC21. The Hall–Kier alpha value is -2.63. The van der Waals surface area contributed by atoms with Crippen molar-refractivity contribution in [3.63, 3.8) is 0 Å². The summed E-state index contributed by atoms with van der Waals surface area (Å²) in [5.74, 6) is 0.471. The van der Waals surface area contributed by atoms with Gasteiger partial charge < -0.3 is 19.3 Å². The van der Waals surface area contributed by atoms with Crippen LogP contribution in [0.1, 0.15) is 74.4 Å². The van der Waals surface area contributed by atoms with Crippen molar-refractivity contribution in [3.8, 4) is 5.75 Å². The lowest BCUT2D eigenvalue weighted by Crippen LogP contribution is -2.70. The highest BCUT2D eigenvalue weighted by atomic mass is 35.5. The molecule has 2 bridgehead atoms. The molecule has 1 saturated heterocycles. The minimum absolute atomic E-state index is 0.131. The maximum absolute atomic E-state index is 13.6. The molecule has 11 heteroatoms. The summed E-state index contributed by atoms with van der Waals surface area (Å²) in [4.78, 5) is 20.7.